The molecule has 0 bridgehead atoms. The van der Waals surface area contributed by atoms with Gasteiger partial charge in [-0.3, -0.25) is 0 Å². The highest BCUT2D eigenvalue weighted by Crippen LogP contribution is 2.25. The third-order valence-electron chi connectivity index (χ3n) is 2.35. The number of halogens is 2. The van der Waals surface area contributed by atoms with Crippen molar-refractivity contribution in [2.75, 3.05) is 0 Å². The van der Waals surface area contributed by atoms with E-state index in [9.17, 15) is 13.6 Å². The van der Waals surface area contributed by atoms with Crippen LogP contribution in [0.1, 0.15) is 21.1 Å². The molecule has 0 saturated carbocycles. The van der Waals surface area contributed by atoms with Gasteiger partial charge in [0.25, 0.3) is 5.76 Å². The Morgan fingerprint density at radius 1 is 1.40 bits per heavy atom. The van der Waals surface area contributed by atoms with E-state index in [0.29, 0.717) is 16.7 Å². The number of thioether (sulfide) groups is 1. The van der Waals surface area contributed by atoms with Crippen LogP contribution in [0.5, 0.6) is 0 Å². The van der Waals surface area contributed by atoms with Crippen LogP contribution in [0.15, 0.2) is 34.5 Å². The second-order valence-corrected chi connectivity index (χ2v) is 5.98. The van der Waals surface area contributed by atoms with Crippen molar-refractivity contribution in [1.29, 1.82) is 0 Å². The number of hydrogen-bond donors (Lipinski definition) is 0. The lowest BCUT2D eigenvalue weighted by molar-refractivity contribution is 0.0466. The molecular formula is C13H11F2NO2S2. The summed E-state index contributed by atoms with van der Waals surface area (Å²) in [5, 5.41) is 2.44. The standard InChI is InChI=1S/C13H11F2NO2S2/c1-8-16-11(7-19-8)12(17)18-6-9-2-4-10(5-3-9)20-13(14)15/h2-5,7,13H,6H2,1H3. The quantitative estimate of drug-likeness (QED) is 0.614. The van der Waals surface area contributed by atoms with Crippen LogP contribution < -0.4 is 0 Å². The molecule has 20 heavy (non-hydrogen) atoms. The van der Waals surface area contributed by atoms with Gasteiger partial charge in [-0.15, -0.1) is 11.3 Å². The van der Waals surface area contributed by atoms with Gasteiger partial charge in [0.1, 0.15) is 6.61 Å². The van der Waals surface area contributed by atoms with Crippen molar-refractivity contribution in [3.8, 4) is 0 Å². The van der Waals surface area contributed by atoms with E-state index < -0.39 is 11.7 Å². The Morgan fingerprint density at radius 2 is 2.10 bits per heavy atom. The zero-order valence-electron chi connectivity index (χ0n) is 10.5. The van der Waals surface area contributed by atoms with E-state index in [4.69, 9.17) is 4.74 Å². The Bertz CT molecular complexity index is 584. The van der Waals surface area contributed by atoms with Gasteiger partial charge in [-0.25, -0.2) is 9.78 Å². The molecule has 0 unspecified atom stereocenters. The molecule has 0 fully saturated rings. The van der Waals surface area contributed by atoms with Gasteiger partial charge in [0.2, 0.25) is 0 Å². The number of esters is 1. The van der Waals surface area contributed by atoms with Crippen LogP contribution in [0, 0.1) is 6.92 Å². The second-order valence-electron chi connectivity index (χ2n) is 3.85. The molecule has 2 rings (SSSR count). The maximum atomic E-state index is 12.2. The predicted octanol–water partition coefficient (Wildman–Crippen LogP) is 4.12. The number of alkyl halides is 2. The summed E-state index contributed by atoms with van der Waals surface area (Å²) >= 11 is 1.86. The molecule has 1 heterocycles. The van der Waals surface area contributed by atoms with Crippen LogP contribution in [-0.2, 0) is 11.3 Å². The fraction of sp³-hybridized carbons (Fsp3) is 0.231. The lowest BCUT2D eigenvalue weighted by atomic mass is 10.2. The first-order chi connectivity index (χ1) is 9.54. The zero-order valence-corrected chi connectivity index (χ0v) is 12.1. The van der Waals surface area contributed by atoms with Gasteiger partial charge >= 0.3 is 5.97 Å². The van der Waals surface area contributed by atoms with Gasteiger partial charge in [-0.2, -0.15) is 8.78 Å². The van der Waals surface area contributed by atoms with Crippen molar-refractivity contribution in [3.05, 3.63) is 45.9 Å². The number of aromatic nitrogens is 1. The third kappa shape index (κ3) is 4.28. The fourth-order valence-electron chi connectivity index (χ4n) is 1.45. The maximum absolute atomic E-state index is 12.2. The maximum Gasteiger partial charge on any atom is 0.358 e. The smallest absolute Gasteiger partial charge is 0.358 e. The summed E-state index contributed by atoms with van der Waals surface area (Å²) in [4.78, 5) is 16.2. The van der Waals surface area contributed by atoms with Crippen molar-refractivity contribution in [1.82, 2.24) is 4.98 Å². The van der Waals surface area contributed by atoms with Gasteiger partial charge in [-0.05, 0) is 24.6 Å². The van der Waals surface area contributed by atoms with Crippen LogP contribution in [0.4, 0.5) is 8.78 Å². The number of benzene rings is 1. The van der Waals surface area contributed by atoms with Crippen molar-refractivity contribution in [2.45, 2.75) is 24.2 Å². The molecule has 0 saturated heterocycles. The SMILES string of the molecule is Cc1nc(C(=O)OCc2ccc(SC(F)F)cc2)cs1. The van der Waals surface area contributed by atoms with E-state index in [0.717, 1.165) is 10.6 Å². The van der Waals surface area contributed by atoms with Crippen molar-refractivity contribution in [2.24, 2.45) is 0 Å². The highest BCUT2D eigenvalue weighted by atomic mass is 32.2. The van der Waals surface area contributed by atoms with E-state index in [2.05, 4.69) is 4.98 Å². The predicted molar refractivity (Wildman–Crippen MR) is 74.3 cm³/mol. The van der Waals surface area contributed by atoms with E-state index in [1.807, 2.05) is 0 Å². The molecule has 7 heteroatoms. The van der Waals surface area contributed by atoms with E-state index in [-0.39, 0.29) is 12.3 Å². The number of hydrogen-bond acceptors (Lipinski definition) is 5. The van der Waals surface area contributed by atoms with Crippen LogP contribution in [-0.4, -0.2) is 16.7 Å². The molecule has 0 spiro atoms. The summed E-state index contributed by atoms with van der Waals surface area (Å²) in [6.07, 6.45) is 0. The largest absolute Gasteiger partial charge is 0.456 e. The number of carbonyl (C=O) groups is 1. The van der Waals surface area contributed by atoms with Gasteiger partial charge < -0.3 is 4.74 Å². The Hall–Kier alpha value is -1.47. The third-order valence-corrected chi connectivity index (χ3v) is 3.84. The fourth-order valence-corrected chi connectivity index (χ4v) is 2.53. The Kier molecular flexibility index (Phi) is 5.08. The molecule has 0 aliphatic rings. The summed E-state index contributed by atoms with van der Waals surface area (Å²) in [5.41, 5.74) is 1.03. The van der Waals surface area contributed by atoms with Crippen LogP contribution in [0.2, 0.25) is 0 Å². The molecular weight excluding hydrogens is 304 g/mol. The van der Waals surface area contributed by atoms with Crippen molar-refractivity contribution >= 4 is 29.1 Å². The molecule has 0 radical (unpaired) electrons. The van der Waals surface area contributed by atoms with E-state index in [1.54, 1.807) is 36.6 Å². The molecule has 106 valence electrons. The first-order valence-corrected chi connectivity index (χ1v) is 7.43. The minimum Gasteiger partial charge on any atom is -0.456 e. The topological polar surface area (TPSA) is 39.2 Å². The lowest BCUT2D eigenvalue weighted by Crippen LogP contribution is -2.05. The second kappa shape index (κ2) is 6.81. The number of ether oxygens (including phenoxy) is 1. The zero-order chi connectivity index (χ0) is 14.5. The summed E-state index contributed by atoms with van der Waals surface area (Å²) in [5.74, 6) is -2.92. The Labute approximate surface area is 123 Å². The Morgan fingerprint density at radius 3 is 2.65 bits per heavy atom. The van der Waals surface area contributed by atoms with Crippen molar-refractivity contribution in [3.63, 3.8) is 0 Å². The van der Waals surface area contributed by atoms with Gasteiger partial charge in [0.05, 0.1) is 5.01 Å². The monoisotopic (exact) mass is 315 g/mol. The average molecular weight is 315 g/mol. The molecule has 0 aliphatic carbocycles. The number of aryl methyl sites for hydroxylation is 1. The Balaban J connectivity index is 1.89. The van der Waals surface area contributed by atoms with Crippen LogP contribution in [0.25, 0.3) is 0 Å². The molecule has 2 aromatic rings. The summed E-state index contributed by atoms with van der Waals surface area (Å²) in [7, 11) is 0. The molecule has 1 aromatic carbocycles. The minimum absolute atomic E-state index is 0.0923. The molecule has 0 N–H and O–H groups in total. The molecule has 3 nitrogen and oxygen atoms in total. The summed E-state index contributed by atoms with van der Waals surface area (Å²) < 4.78 is 29.4. The number of thiazole rings is 1. The van der Waals surface area contributed by atoms with Gasteiger partial charge in [0.15, 0.2) is 5.69 Å². The highest BCUT2D eigenvalue weighted by molar-refractivity contribution is 7.99. The number of carbonyl (C=O) groups excluding carboxylic acids is 1. The number of nitrogens with zero attached hydrogens (tertiary/aromatic N) is 1. The van der Waals surface area contributed by atoms with E-state index in [1.165, 1.54) is 11.3 Å². The molecule has 0 atom stereocenters. The number of rotatable bonds is 5. The van der Waals surface area contributed by atoms with E-state index >= 15 is 0 Å². The average Bonchev–Trinajstić information content (AvgIpc) is 2.84. The first kappa shape index (κ1) is 14.9. The van der Waals surface area contributed by atoms with Gasteiger partial charge in [-0.1, -0.05) is 23.9 Å². The first-order valence-electron chi connectivity index (χ1n) is 5.67. The lowest BCUT2D eigenvalue weighted by Gasteiger charge is -2.04. The molecule has 1 aromatic heterocycles. The van der Waals surface area contributed by atoms with Gasteiger partial charge in [0, 0.05) is 10.3 Å². The normalized spacial score (nSPS) is 10.8. The highest BCUT2D eigenvalue weighted by Gasteiger charge is 2.11. The van der Waals surface area contributed by atoms with Crippen LogP contribution in [0.3, 0.4) is 0 Å². The minimum atomic E-state index is -2.44. The summed E-state index contributed by atoms with van der Waals surface area (Å²) in [6, 6.07) is 6.47. The van der Waals surface area contributed by atoms with Crippen LogP contribution >= 0.6 is 23.1 Å². The van der Waals surface area contributed by atoms with Crippen molar-refractivity contribution < 1.29 is 18.3 Å². The summed E-state index contributed by atoms with van der Waals surface area (Å²) in [6.45, 7) is 1.90. The molecule has 0 aliphatic heterocycles. The molecule has 0 amide bonds.